The van der Waals surface area contributed by atoms with Gasteiger partial charge in [-0.15, -0.1) is 0 Å². The maximum atomic E-state index is 9.75. The van der Waals surface area contributed by atoms with Crippen molar-refractivity contribution < 1.29 is 13.7 Å². The molecular weight excluding hydrogens is 849 g/mol. The van der Waals surface area contributed by atoms with E-state index in [-0.39, 0.29) is 27.9 Å². The van der Waals surface area contributed by atoms with Crippen molar-refractivity contribution in [1.29, 1.82) is 0 Å². The van der Waals surface area contributed by atoms with E-state index in [0.717, 1.165) is 65.0 Å². The number of hydrogen-bond donors (Lipinski definition) is 0. The molecule has 0 fully saturated rings. The van der Waals surface area contributed by atoms with Crippen molar-refractivity contribution in [2.45, 2.75) is 0 Å². The van der Waals surface area contributed by atoms with Crippen molar-refractivity contribution >= 4 is 72.4 Å². The highest BCUT2D eigenvalue weighted by Gasteiger charge is 2.42. The third-order valence-corrected chi connectivity index (χ3v) is 18.4. The van der Waals surface area contributed by atoms with Gasteiger partial charge in [0.1, 0.15) is 0 Å². The first kappa shape index (κ1) is 31.3. The predicted octanol–water partition coefficient (Wildman–Crippen LogP) is 14.3. The summed E-state index contributed by atoms with van der Waals surface area (Å²) in [5.74, 6) is 0. The van der Waals surface area contributed by atoms with Crippen LogP contribution in [0, 0.1) is 0 Å². The van der Waals surface area contributed by atoms with Crippen LogP contribution in [0.4, 0.5) is 0 Å². The third-order valence-electron chi connectivity index (χ3n) is 13.6. The van der Waals surface area contributed by atoms with Crippen LogP contribution in [0.5, 0.6) is 0 Å². The molecule has 69 heavy (non-hydrogen) atoms. The topological polar surface area (TPSA) is 9.86 Å². The first-order valence-corrected chi connectivity index (χ1v) is 25.0. The minimum Gasteiger partial charge on any atom is -0.309 e. The number of nitrogens with zero attached hydrogens (tertiary/aromatic N) is 2. The van der Waals surface area contributed by atoms with Gasteiger partial charge in [0.25, 0.3) is 0 Å². The summed E-state index contributed by atoms with van der Waals surface area (Å²) in [4.78, 5) is 0. The van der Waals surface area contributed by atoms with Gasteiger partial charge in [-0.05, 0) is 85.5 Å². The molecule has 2 heterocycles. The molecule has 324 valence electrons. The van der Waals surface area contributed by atoms with Gasteiger partial charge < -0.3 is 9.13 Å². The lowest BCUT2D eigenvalue weighted by Gasteiger charge is -2.36. The van der Waals surface area contributed by atoms with Gasteiger partial charge >= 0.3 is 0 Å². The van der Waals surface area contributed by atoms with E-state index in [1.54, 1.807) is 0 Å². The van der Waals surface area contributed by atoms with E-state index in [4.69, 9.17) is 8.22 Å². The third kappa shape index (κ3) is 6.62. The van der Waals surface area contributed by atoms with Crippen LogP contribution >= 0.6 is 0 Å². The summed E-state index contributed by atoms with van der Waals surface area (Å²) in [5, 5.41) is 7.56. The lowest BCUT2D eigenvalue weighted by atomic mass is 9.95. The average Bonchev–Trinajstić information content (AvgIpc) is 4.26. The number of aromatic nitrogens is 2. The molecule has 0 amide bonds. The van der Waals surface area contributed by atoms with Crippen LogP contribution in [0.15, 0.2) is 279 Å². The standard InChI is InChI=1S/C66H46N2Si/c1-6-23-47(24-7-1)59-45-55(69(52-29-10-3-11-30-52,53-31-12-4-13-32-53)54-33-14-5-15-34-54)46-60(48-25-8-2-9-26-48)66(59)68-64-40-21-18-37-58(64)61-44-50(41-42-65(61)68)49-27-22-28-51(43-49)67-62-38-19-16-35-56(62)57-36-17-20-39-63(57)67/h1-46H/i1D,2D,6D,7D,8D,9D,23D,24D,25D,26D. The summed E-state index contributed by atoms with van der Waals surface area (Å²) < 4.78 is 97.4. The zero-order valence-electron chi connectivity index (χ0n) is 47.2. The van der Waals surface area contributed by atoms with E-state index >= 15 is 0 Å². The zero-order valence-corrected chi connectivity index (χ0v) is 38.2. The Morgan fingerprint density at radius 2 is 0.710 bits per heavy atom. The van der Waals surface area contributed by atoms with E-state index < -0.39 is 68.5 Å². The molecule has 2 aromatic heterocycles. The number of fused-ring (bicyclic) bond motifs is 6. The average molecular weight is 905 g/mol. The van der Waals surface area contributed by atoms with Gasteiger partial charge in [-0.2, -0.15) is 0 Å². The van der Waals surface area contributed by atoms with Gasteiger partial charge in [0, 0.05) is 38.4 Å². The second kappa shape index (κ2) is 16.8. The largest absolute Gasteiger partial charge is 0.309 e. The maximum absolute atomic E-state index is 9.75. The lowest BCUT2D eigenvalue weighted by Crippen LogP contribution is -2.74. The lowest BCUT2D eigenvalue weighted by molar-refractivity contribution is 1.18. The summed E-state index contributed by atoms with van der Waals surface area (Å²) in [6, 6.07) is 68.4. The molecule has 0 radical (unpaired) electrons. The Kier molecular flexibility index (Phi) is 7.63. The van der Waals surface area contributed by atoms with Crippen molar-refractivity contribution in [2.24, 2.45) is 0 Å². The van der Waals surface area contributed by atoms with Crippen molar-refractivity contribution in [3.05, 3.63) is 279 Å². The fourth-order valence-electron chi connectivity index (χ4n) is 10.7. The van der Waals surface area contributed by atoms with Gasteiger partial charge in [0.15, 0.2) is 8.07 Å². The van der Waals surface area contributed by atoms with E-state index in [2.05, 4.69) is 120 Å². The number of benzene rings is 11. The van der Waals surface area contributed by atoms with E-state index in [1.165, 1.54) is 0 Å². The molecule has 0 saturated heterocycles. The van der Waals surface area contributed by atoms with Crippen LogP contribution in [0.1, 0.15) is 13.7 Å². The van der Waals surface area contributed by atoms with Gasteiger partial charge in [-0.1, -0.05) is 236 Å². The smallest absolute Gasteiger partial charge is 0.179 e. The molecule has 0 saturated carbocycles. The zero-order chi connectivity index (χ0) is 54.4. The summed E-state index contributed by atoms with van der Waals surface area (Å²) in [6.45, 7) is 0. The molecule has 2 nitrogen and oxygen atoms in total. The number of hydrogen-bond acceptors (Lipinski definition) is 0. The normalized spacial score (nSPS) is 13.8. The second-order valence-electron chi connectivity index (χ2n) is 17.3. The fraction of sp³-hybridized carbons (Fsp3) is 0. The van der Waals surface area contributed by atoms with Gasteiger partial charge in [0.2, 0.25) is 0 Å². The monoisotopic (exact) mass is 904 g/mol. The van der Waals surface area contributed by atoms with Crippen LogP contribution in [0.25, 0.3) is 88.4 Å². The van der Waals surface area contributed by atoms with E-state index in [0.29, 0.717) is 16.2 Å². The summed E-state index contributed by atoms with van der Waals surface area (Å²) >= 11 is 0. The molecule has 13 rings (SSSR count). The van der Waals surface area contributed by atoms with Crippen molar-refractivity contribution in [2.75, 3.05) is 0 Å². The molecule has 0 aliphatic heterocycles. The Morgan fingerprint density at radius 3 is 1.22 bits per heavy atom. The quantitative estimate of drug-likeness (QED) is 0.101. The molecule has 0 bridgehead atoms. The minimum absolute atomic E-state index is 0.0991. The minimum atomic E-state index is -3.61. The van der Waals surface area contributed by atoms with Crippen molar-refractivity contribution in [1.82, 2.24) is 9.13 Å². The maximum Gasteiger partial charge on any atom is 0.179 e. The summed E-state index contributed by atoms with van der Waals surface area (Å²) in [5.41, 5.74) is 6.95. The van der Waals surface area contributed by atoms with Crippen LogP contribution in [-0.2, 0) is 0 Å². The highest BCUT2D eigenvalue weighted by Crippen LogP contribution is 2.43. The highest BCUT2D eigenvalue weighted by atomic mass is 28.3. The summed E-state index contributed by atoms with van der Waals surface area (Å²) in [7, 11) is -3.61. The number of rotatable bonds is 9. The molecule has 0 spiro atoms. The number of para-hydroxylation sites is 3. The fourth-order valence-corrected chi connectivity index (χ4v) is 15.5. The Labute approximate surface area is 417 Å². The molecule has 0 unspecified atom stereocenters. The summed E-state index contributed by atoms with van der Waals surface area (Å²) in [6.07, 6.45) is 0. The predicted molar refractivity (Wildman–Crippen MR) is 295 cm³/mol. The molecule has 0 aliphatic rings. The van der Waals surface area contributed by atoms with E-state index in [9.17, 15) is 5.48 Å². The van der Waals surface area contributed by atoms with Crippen LogP contribution in [-0.4, -0.2) is 17.2 Å². The Balaban J connectivity index is 1.18. The molecule has 0 N–H and O–H groups in total. The van der Waals surface area contributed by atoms with Crippen LogP contribution in [0.2, 0.25) is 0 Å². The highest BCUT2D eigenvalue weighted by molar-refractivity contribution is 7.20. The first-order valence-electron chi connectivity index (χ1n) is 28.0. The first-order chi connectivity index (χ1) is 38.4. The SMILES string of the molecule is [2H]c1c([2H])c([2H])c(-c2cc([Si](c3ccccc3)(c3ccccc3)c3ccccc3)cc(-c3c([2H])c([2H])c([2H])c([2H])c3[2H])c2-n2c3ccccc3c3cc(-c4cccc(-n5c6ccccc6c6ccccc65)c4)ccc32)c([2H])c1[2H]. The Bertz CT molecular complexity index is 4320. The van der Waals surface area contributed by atoms with Crippen LogP contribution in [0.3, 0.4) is 0 Å². The Hall–Kier alpha value is -8.76. The second-order valence-corrected chi connectivity index (χ2v) is 21.1. The molecule has 0 atom stereocenters. The van der Waals surface area contributed by atoms with Crippen molar-refractivity contribution in [3.63, 3.8) is 0 Å². The molecule has 11 aromatic carbocycles. The van der Waals surface area contributed by atoms with Gasteiger partial charge in [-0.3, -0.25) is 0 Å². The molecule has 3 heteroatoms. The molecule has 0 aliphatic carbocycles. The molecule has 13 aromatic rings. The Morgan fingerprint density at radius 1 is 0.290 bits per heavy atom. The molecular formula is C66H46N2Si. The van der Waals surface area contributed by atoms with Crippen molar-refractivity contribution in [3.8, 4) is 44.8 Å². The van der Waals surface area contributed by atoms with Gasteiger partial charge in [0.05, 0.1) is 41.5 Å². The van der Waals surface area contributed by atoms with E-state index in [1.807, 2.05) is 108 Å². The van der Waals surface area contributed by atoms with Crippen LogP contribution < -0.4 is 20.7 Å². The van der Waals surface area contributed by atoms with Gasteiger partial charge in [-0.25, -0.2) is 0 Å².